The number of hydrogen-bond donors (Lipinski definition) is 1. The van der Waals surface area contributed by atoms with Crippen LogP contribution in [0.5, 0.6) is 0 Å². The lowest BCUT2D eigenvalue weighted by atomic mass is 9.73. The molecule has 1 aliphatic heterocycles. The predicted molar refractivity (Wildman–Crippen MR) is 108 cm³/mol. The fraction of sp³-hybridized carbons (Fsp3) is 0.286. The topological polar surface area (TPSA) is 69.0 Å². The summed E-state index contributed by atoms with van der Waals surface area (Å²) < 4.78 is 21.1. The zero-order valence-electron chi connectivity index (χ0n) is 16.0. The van der Waals surface area contributed by atoms with Crippen LogP contribution < -0.4 is 5.32 Å². The number of carbonyl (C=O) groups is 1. The Labute approximate surface area is 172 Å². The van der Waals surface area contributed by atoms with Crippen LogP contribution in [-0.4, -0.2) is 33.9 Å². The van der Waals surface area contributed by atoms with Crippen LogP contribution in [0.15, 0.2) is 64.9 Å². The Kier molecular flexibility index (Phi) is 5.64. The number of rotatable bonds is 5. The second kappa shape index (κ2) is 8.34. The van der Waals surface area contributed by atoms with Crippen molar-refractivity contribution in [3.63, 3.8) is 0 Å². The standard InChI is InChI=1S/C21H21FN4O2S/c1-26-14-23-25-20(26)29-18-7-5-17(6-8-18)24-19(27)21(9-11-28-12-10-21)15-3-2-4-16(22)13-15/h2-8,13-14H,9-12H2,1H3,(H,24,27). The van der Waals surface area contributed by atoms with E-state index in [4.69, 9.17) is 4.74 Å². The minimum atomic E-state index is -0.799. The second-order valence-corrected chi connectivity index (χ2v) is 8.05. The van der Waals surface area contributed by atoms with E-state index in [1.165, 1.54) is 23.9 Å². The number of halogens is 1. The van der Waals surface area contributed by atoms with E-state index in [2.05, 4.69) is 15.5 Å². The van der Waals surface area contributed by atoms with Crippen molar-refractivity contribution < 1.29 is 13.9 Å². The molecule has 1 N–H and O–H groups in total. The zero-order valence-corrected chi connectivity index (χ0v) is 16.8. The Morgan fingerprint density at radius 1 is 1.21 bits per heavy atom. The number of aryl methyl sites for hydroxylation is 1. The van der Waals surface area contributed by atoms with Gasteiger partial charge in [-0.2, -0.15) is 0 Å². The summed E-state index contributed by atoms with van der Waals surface area (Å²) in [4.78, 5) is 14.3. The quantitative estimate of drug-likeness (QED) is 0.691. The number of anilines is 1. The largest absolute Gasteiger partial charge is 0.381 e. The summed E-state index contributed by atoms with van der Waals surface area (Å²) in [6.07, 6.45) is 2.68. The Balaban J connectivity index is 1.52. The Morgan fingerprint density at radius 2 is 1.97 bits per heavy atom. The lowest BCUT2D eigenvalue weighted by molar-refractivity contribution is -0.125. The molecule has 0 bridgehead atoms. The normalized spacial score (nSPS) is 15.8. The molecule has 0 aliphatic carbocycles. The van der Waals surface area contributed by atoms with Gasteiger partial charge in [-0.3, -0.25) is 4.79 Å². The Bertz CT molecular complexity index is 1000. The molecule has 0 unspecified atom stereocenters. The summed E-state index contributed by atoms with van der Waals surface area (Å²) in [6.45, 7) is 0.939. The monoisotopic (exact) mass is 412 g/mol. The Hall–Kier alpha value is -2.71. The summed E-state index contributed by atoms with van der Waals surface area (Å²) in [7, 11) is 1.89. The van der Waals surface area contributed by atoms with Gasteiger partial charge in [-0.05, 0) is 66.6 Å². The van der Waals surface area contributed by atoms with Gasteiger partial charge in [-0.1, -0.05) is 12.1 Å². The lowest BCUT2D eigenvalue weighted by Crippen LogP contribution is -2.44. The third-order valence-corrected chi connectivity index (χ3v) is 6.21. The number of benzene rings is 2. The molecule has 0 atom stereocenters. The zero-order chi connectivity index (χ0) is 20.3. The number of nitrogens with one attached hydrogen (secondary N) is 1. The number of amides is 1. The van der Waals surface area contributed by atoms with Crippen LogP contribution in [0.2, 0.25) is 0 Å². The first kappa shape index (κ1) is 19.6. The van der Waals surface area contributed by atoms with Crippen LogP contribution in [0, 0.1) is 5.82 Å². The van der Waals surface area contributed by atoms with E-state index < -0.39 is 5.41 Å². The fourth-order valence-electron chi connectivity index (χ4n) is 3.48. The van der Waals surface area contributed by atoms with Crippen LogP contribution in [0.4, 0.5) is 10.1 Å². The highest BCUT2D eigenvalue weighted by molar-refractivity contribution is 7.99. The van der Waals surface area contributed by atoms with Gasteiger partial charge in [0.25, 0.3) is 0 Å². The highest BCUT2D eigenvalue weighted by Crippen LogP contribution is 2.36. The van der Waals surface area contributed by atoms with Crippen molar-refractivity contribution in [2.45, 2.75) is 28.3 Å². The first-order valence-corrected chi connectivity index (χ1v) is 10.2. The maximum absolute atomic E-state index is 13.8. The van der Waals surface area contributed by atoms with E-state index in [0.717, 1.165) is 10.1 Å². The molecule has 0 spiro atoms. The molecule has 1 aliphatic rings. The molecule has 8 heteroatoms. The van der Waals surface area contributed by atoms with Crippen LogP contribution in [-0.2, 0) is 22.0 Å². The third-order valence-electron chi connectivity index (χ3n) is 5.15. The van der Waals surface area contributed by atoms with Gasteiger partial charge in [0.1, 0.15) is 12.1 Å². The minimum Gasteiger partial charge on any atom is -0.381 e. The van der Waals surface area contributed by atoms with E-state index in [0.29, 0.717) is 37.3 Å². The van der Waals surface area contributed by atoms with E-state index >= 15 is 0 Å². The average Bonchev–Trinajstić information content (AvgIpc) is 3.14. The van der Waals surface area contributed by atoms with E-state index in [1.54, 1.807) is 12.4 Å². The van der Waals surface area contributed by atoms with Gasteiger partial charge >= 0.3 is 0 Å². The Morgan fingerprint density at radius 3 is 2.62 bits per heavy atom. The van der Waals surface area contributed by atoms with Gasteiger partial charge in [0.2, 0.25) is 5.91 Å². The summed E-state index contributed by atoms with van der Waals surface area (Å²) >= 11 is 1.49. The van der Waals surface area contributed by atoms with Crippen LogP contribution in [0.25, 0.3) is 0 Å². The maximum atomic E-state index is 13.8. The van der Waals surface area contributed by atoms with Crippen LogP contribution in [0.3, 0.4) is 0 Å². The van der Waals surface area contributed by atoms with E-state index in [9.17, 15) is 9.18 Å². The van der Waals surface area contributed by atoms with Gasteiger partial charge in [-0.25, -0.2) is 4.39 Å². The van der Waals surface area contributed by atoms with Crippen molar-refractivity contribution in [3.05, 3.63) is 66.2 Å². The van der Waals surface area contributed by atoms with Crippen molar-refractivity contribution in [3.8, 4) is 0 Å². The van der Waals surface area contributed by atoms with Crippen molar-refractivity contribution in [2.75, 3.05) is 18.5 Å². The van der Waals surface area contributed by atoms with E-state index in [-0.39, 0.29) is 11.7 Å². The third kappa shape index (κ3) is 4.18. The average molecular weight is 412 g/mol. The van der Waals surface area contributed by atoms with Gasteiger partial charge in [0, 0.05) is 30.8 Å². The number of nitrogens with zero attached hydrogens (tertiary/aromatic N) is 3. The molecule has 1 saturated heterocycles. The molecule has 1 aromatic heterocycles. The molecule has 1 amide bonds. The molecule has 1 fully saturated rings. The molecule has 150 valence electrons. The molecule has 4 rings (SSSR count). The smallest absolute Gasteiger partial charge is 0.235 e. The molecule has 0 radical (unpaired) electrons. The summed E-state index contributed by atoms with van der Waals surface area (Å²) in [5.41, 5.74) is 0.583. The van der Waals surface area contributed by atoms with Crippen molar-refractivity contribution in [1.82, 2.24) is 14.8 Å². The molecule has 2 aromatic carbocycles. The molecular weight excluding hydrogens is 391 g/mol. The first-order chi connectivity index (χ1) is 14.1. The highest BCUT2D eigenvalue weighted by atomic mass is 32.2. The molecule has 0 saturated carbocycles. The molecule has 3 aromatic rings. The fourth-order valence-corrected chi connectivity index (χ4v) is 4.24. The number of ether oxygens (including phenoxy) is 1. The SMILES string of the molecule is Cn1cnnc1Sc1ccc(NC(=O)C2(c3cccc(F)c3)CCOCC2)cc1. The lowest BCUT2D eigenvalue weighted by Gasteiger charge is -2.36. The molecular formula is C21H21FN4O2S. The second-order valence-electron chi connectivity index (χ2n) is 7.01. The van der Waals surface area contributed by atoms with Crippen molar-refractivity contribution >= 4 is 23.4 Å². The summed E-state index contributed by atoms with van der Waals surface area (Å²) in [6, 6.07) is 13.9. The van der Waals surface area contributed by atoms with Gasteiger partial charge in [0.15, 0.2) is 5.16 Å². The van der Waals surface area contributed by atoms with Crippen molar-refractivity contribution in [1.29, 1.82) is 0 Å². The number of aromatic nitrogens is 3. The molecule has 29 heavy (non-hydrogen) atoms. The number of hydrogen-bond acceptors (Lipinski definition) is 5. The first-order valence-electron chi connectivity index (χ1n) is 9.34. The van der Waals surface area contributed by atoms with Gasteiger partial charge < -0.3 is 14.6 Å². The van der Waals surface area contributed by atoms with Crippen LogP contribution >= 0.6 is 11.8 Å². The number of carbonyl (C=O) groups excluding carboxylic acids is 1. The van der Waals surface area contributed by atoms with Gasteiger partial charge in [-0.15, -0.1) is 10.2 Å². The molecule has 6 nitrogen and oxygen atoms in total. The minimum absolute atomic E-state index is 0.139. The predicted octanol–water partition coefficient (Wildman–Crippen LogP) is 3.79. The maximum Gasteiger partial charge on any atom is 0.235 e. The van der Waals surface area contributed by atoms with E-state index in [1.807, 2.05) is 41.9 Å². The highest BCUT2D eigenvalue weighted by Gasteiger charge is 2.42. The van der Waals surface area contributed by atoms with Crippen LogP contribution in [0.1, 0.15) is 18.4 Å². The summed E-state index contributed by atoms with van der Waals surface area (Å²) in [5, 5.41) is 11.7. The van der Waals surface area contributed by atoms with Crippen molar-refractivity contribution in [2.24, 2.45) is 7.05 Å². The van der Waals surface area contributed by atoms with Gasteiger partial charge in [0.05, 0.1) is 5.41 Å². The summed E-state index contributed by atoms with van der Waals surface area (Å²) in [5.74, 6) is -0.480. The molecule has 2 heterocycles.